The molecule has 20 heavy (non-hydrogen) atoms. The Bertz CT molecular complexity index is 415. The van der Waals surface area contributed by atoms with E-state index < -0.39 is 0 Å². The number of nitrogens with one attached hydrogen (secondary N) is 2. The monoisotopic (exact) mass is 282 g/mol. The maximum absolute atomic E-state index is 11.9. The van der Waals surface area contributed by atoms with E-state index >= 15 is 0 Å². The van der Waals surface area contributed by atoms with Gasteiger partial charge in [0.2, 0.25) is 0 Å². The predicted octanol–water partition coefficient (Wildman–Crippen LogP) is 1.99. The van der Waals surface area contributed by atoms with Gasteiger partial charge in [-0.3, -0.25) is 0 Å². The van der Waals surface area contributed by atoms with Crippen LogP contribution in [0.15, 0.2) is 18.2 Å². The number of hydrogen-bond acceptors (Lipinski definition) is 4. The average Bonchev–Trinajstić information content (AvgIpc) is 2.46. The third-order valence-electron chi connectivity index (χ3n) is 2.91. The van der Waals surface area contributed by atoms with E-state index in [-0.39, 0.29) is 18.7 Å². The van der Waals surface area contributed by atoms with Gasteiger partial charge >= 0.3 is 6.03 Å². The molecule has 0 aliphatic rings. The van der Waals surface area contributed by atoms with Crippen molar-refractivity contribution in [1.82, 2.24) is 5.32 Å². The van der Waals surface area contributed by atoms with Crippen molar-refractivity contribution >= 4 is 11.7 Å². The zero-order valence-corrected chi connectivity index (χ0v) is 12.1. The van der Waals surface area contributed by atoms with Crippen LogP contribution in [0.2, 0.25) is 0 Å². The molecule has 1 rings (SSSR count). The fourth-order valence-electron chi connectivity index (χ4n) is 1.77. The summed E-state index contributed by atoms with van der Waals surface area (Å²) in [7, 11) is 3.10. The van der Waals surface area contributed by atoms with Crippen LogP contribution in [0.4, 0.5) is 10.5 Å². The van der Waals surface area contributed by atoms with Crippen LogP contribution >= 0.6 is 0 Å². The van der Waals surface area contributed by atoms with Crippen molar-refractivity contribution in [2.75, 3.05) is 26.1 Å². The van der Waals surface area contributed by atoms with Crippen LogP contribution in [-0.2, 0) is 0 Å². The van der Waals surface area contributed by atoms with Gasteiger partial charge in [0.1, 0.15) is 11.5 Å². The van der Waals surface area contributed by atoms with Gasteiger partial charge in [-0.15, -0.1) is 0 Å². The number of rotatable bonds is 7. The Hall–Kier alpha value is -1.95. The highest BCUT2D eigenvalue weighted by Gasteiger charge is 2.11. The molecule has 0 spiro atoms. The Morgan fingerprint density at radius 2 is 1.85 bits per heavy atom. The Morgan fingerprint density at radius 1 is 1.25 bits per heavy atom. The molecule has 6 nitrogen and oxygen atoms in total. The molecule has 1 aromatic carbocycles. The Kier molecular flexibility index (Phi) is 6.66. The topological polar surface area (TPSA) is 79.8 Å². The molecule has 112 valence electrons. The summed E-state index contributed by atoms with van der Waals surface area (Å²) in [6, 6.07) is 4.77. The van der Waals surface area contributed by atoms with Crippen molar-refractivity contribution in [2.24, 2.45) is 0 Å². The number of carbonyl (C=O) groups is 1. The number of amides is 2. The summed E-state index contributed by atoms with van der Waals surface area (Å²) in [4.78, 5) is 11.9. The number of hydrogen-bond donors (Lipinski definition) is 3. The molecule has 1 aromatic rings. The summed E-state index contributed by atoms with van der Waals surface area (Å²) in [5, 5.41) is 14.4. The summed E-state index contributed by atoms with van der Waals surface area (Å²) in [5.41, 5.74) is 0.581. The number of benzene rings is 1. The van der Waals surface area contributed by atoms with Crippen LogP contribution in [0, 0.1) is 0 Å². The highest BCUT2D eigenvalue weighted by molar-refractivity contribution is 5.90. The first-order chi connectivity index (χ1) is 9.62. The second-order valence-corrected chi connectivity index (χ2v) is 4.32. The van der Waals surface area contributed by atoms with Gasteiger partial charge in [-0.1, -0.05) is 6.92 Å². The Labute approximate surface area is 119 Å². The minimum absolute atomic E-state index is 0.0474. The Balaban J connectivity index is 2.69. The molecule has 1 atom stereocenters. The van der Waals surface area contributed by atoms with Gasteiger partial charge in [-0.05, 0) is 12.8 Å². The number of anilines is 1. The zero-order chi connectivity index (χ0) is 15.0. The van der Waals surface area contributed by atoms with E-state index in [1.54, 1.807) is 32.4 Å². The molecule has 0 radical (unpaired) electrons. The molecule has 0 aliphatic heterocycles. The molecular weight excluding hydrogens is 260 g/mol. The second-order valence-electron chi connectivity index (χ2n) is 4.32. The summed E-state index contributed by atoms with van der Waals surface area (Å²) < 4.78 is 10.3. The van der Waals surface area contributed by atoms with Gasteiger partial charge < -0.3 is 25.2 Å². The largest absolute Gasteiger partial charge is 0.497 e. The van der Waals surface area contributed by atoms with Crippen molar-refractivity contribution in [3.8, 4) is 11.5 Å². The number of aliphatic hydroxyl groups is 1. The number of carbonyl (C=O) groups excluding carboxylic acids is 1. The molecule has 0 fully saturated rings. The third-order valence-corrected chi connectivity index (χ3v) is 2.91. The maximum atomic E-state index is 11.9. The molecule has 0 saturated carbocycles. The van der Waals surface area contributed by atoms with E-state index in [2.05, 4.69) is 10.6 Å². The smallest absolute Gasteiger partial charge is 0.319 e. The Morgan fingerprint density at radius 3 is 2.30 bits per heavy atom. The molecule has 6 heteroatoms. The molecule has 0 saturated heterocycles. The number of ether oxygens (including phenoxy) is 2. The zero-order valence-electron chi connectivity index (χ0n) is 12.1. The third kappa shape index (κ3) is 4.97. The normalized spacial score (nSPS) is 11.6. The molecule has 2 amide bonds. The fourth-order valence-corrected chi connectivity index (χ4v) is 1.77. The quantitative estimate of drug-likeness (QED) is 0.714. The van der Waals surface area contributed by atoms with Crippen molar-refractivity contribution in [1.29, 1.82) is 0 Å². The highest BCUT2D eigenvalue weighted by atomic mass is 16.5. The first kappa shape index (κ1) is 16.1. The van der Waals surface area contributed by atoms with Crippen LogP contribution in [0.3, 0.4) is 0 Å². The van der Waals surface area contributed by atoms with E-state index in [0.29, 0.717) is 23.6 Å². The van der Waals surface area contributed by atoms with Gasteiger partial charge in [-0.25, -0.2) is 4.79 Å². The van der Waals surface area contributed by atoms with Crippen LogP contribution in [0.25, 0.3) is 0 Å². The fraction of sp³-hybridized carbons (Fsp3) is 0.500. The summed E-state index contributed by atoms with van der Waals surface area (Å²) >= 11 is 0. The lowest BCUT2D eigenvalue weighted by atomic mass is 10.2. The molecule has 0 heterocycles. The number of urea groups is 1. The number of aliphatic hydroxyl groups excluding tert-OH is 1. The standard InChI is InChI=1S/C14H22N2O4/c1-4-10(5-6-17)15-14(18)16-11-7-12(19-2)9-13(8-11)20-3/h7-10,17H,4-6H2,1-3H3,(H2,15,16,18). The molecule has 0 bridgehead atoms. The van der Waals surface area contributed by atoms with Crippen LogP contribution < -0.4 is 20.1 Å². The van der Waals surface area contributed by atoms with E-state index in [9.17, 15) is 4.79 Å². The lowest BCUT2D eigenvalue weighted by molar-refractivity contribution is 0.237. The van der Waals surface area contributed by atoms with Gasteiger partial charge in [0, 0.05) is 36.5 Å². The van der Waals surface area contributed by atoms with Gasteiger partial charge in [0.15, 0.2) is 0 Å². The summed E-state index contributed by atoms with van der Waals surface area (Å²) in [6.45, 7) is 2.00. The minimum Gasteiger partial charge on any atom is -0.497 e. The maximum Gasteiger partial charge on any atom is 0.319 e. The van der Waals surface area contributed by atoms with E-state index in [4.69, 9.17) is 14.6 Å². The predicted molar refractivity (Wildman–Crippen MR) is 77.5 cm³/mol. The summed E-state index contributed by atoms with van der Waals surface area (Å²) in [6.07, 6.45) is 1.29. The second kappa shape index (κ2) is 8.27. The molecule has 1 unspecified atom stereocenters. The van der Waals surface area contributed by atoms with Crippen molar-refractivity contribution in [3.05, 3.63) is 18.2 Å². The first-order valence-electron chi connectivity index (χ1n) is 6.54. The van der Waals surface area contributed by atoms with Gasteiger partial charge in [-0.2, -0.15) is 0 Å². The van der Waals surface area contributed by atoms with Crippen molar-refractivity contribution < 1.29 is 19.4 Å². The lowest BCUT2D eigenvalue weighted by Gasteiger charge is -2.16. The van der Waals surface area contributed by atoms with Crippen LogP contribution in [0.5, 0.6) is 11.5 Å². The van der Waals surface area contributed by atoms with E-state index in [0.717, 1.165) is 6.42 Å². The SMILES string of the molecule is CCC(CCO)NC(=O)Nc1cc(OC)cc(OC)c1. The molecule has 3 N–H and O–H groups in total. The average molecular weight is 282 g/mol. The van der Waals surface area contributed by atoms with E-state index in [1.165, 1.54) is 0 Å². The molecule has 0 aliphatic carbocycles. The van der Waals surface area contributed by atoms with Crippen molar-refractivity contribution in [3.63, 3.8) is 0 Å². The van der Waals surface area contributed by atoms with Crippen LogP contribution in [-0.4, -0.2) is 38.0 Å². The first-order valence-corrected chi connectivity index (χ1v) is 6.54. The van der Waals surface area contributed by atoms with Gasteiger partial charge in [0.05, 0.1) is 14.2 Å². The number of methoxy groups -OCH3 is 2. The highest BCUT2D eigenvalue weighted by Crippen LogP contribution is 2.25. The molecular formula is C14H22N2O4. The van der Waals surface area contributed by atoms with Crippen molar-refractivity contribution in [2.45, 2.75) is 25.8 Å². The lowest BCUT2D eigenvalue weighted by Crippen LogP contribution is -2.38. The minimum atomic E-state index is -0.319. The molecule has 0 aromatic heterocycles. The summed E-state index contributed by atoms with van der Waals surface area (Å²) in [5.74, 6) is 1.20. The van der Waals surface area contributed by atoms with Crippen LogP contribution in [0.1, 0.15) is 19.8 Å². The van der Waals surface area contributed by atoms with Gasteiger partial charge in [0.25, 0.3) is 0 Å². The van der Waals surface area contributed by atoms with E-state index in [1.807, 2.05) is 6.92 Å².